The Morgan fingerprint density at radius 1 is 1.43 bits per heavy atom. The lowest BCUT2D eigenvalue weighted by atomic mass is 9.94. The van der Waals surface area contributed by atoms with E-state index in [2.05, 4.69) is 31.0 Å². The quantitative estimate of drug-likeness (QED) is 0.640. The highest BCUT2D eigenvalue weighted by Gasteiger charge is 2.32. The smallest absolute Gasteiger partial charge is 0.0245 e. The Morgan fingerprint density at radius 2 is 2.14 bits per heavy atom. The van der Waals surface area contributed by atoms with E-state index in [-0.39, 0.29) is 0 Å². The predicted molar refractivity (Wildman–Crippen MR) is 62.0 cm³/mol. The third kappa shape index (κ3) is 3.72. The van der Waals surface area contributed by atoms with E-state index >= 15 is 0 Å². The normalized spacial score (nSPS) is 19.6. The minimum Gasteiger partial charge on any atom is -0.313 e. The van der Waals surface area contributed by atoms with Crippen molar-refractivity contribution in [3.8, 4) is 11.8 Å². The van der Waals surface area contributed by atoms with E-state index in [0.29, 0.717) is 6.04 Å². The highest BCUT2D eigenvalue weighted by Crippen LogP contribution is 2.38. The monoisotopic (exact) mass is 193 g/mol. The molecule has 1 N–H and O–H groups in total. The second-order valence-electron chi connectivity index (χ2n) is 4.39. The van der Waals surface area contributed by atoms with Gasteiger partial charge in [-0.25, -0.2) is 0 Å². The lowest BCUT2D eigenvalue weighted by molar-refractivity contribution is 0.346. The maximum absolute atomic E-state index is 3.62. The van der Waals surface area contributed by atoms with Gasteiger partial charge in [0, 0.05) is 12.5 Å². The SMILES string of the molecule is CC#CCC(NCCC)C(C)C1CC1. The summed E-state index contributed by atoms with van der Waals surface area (Å²) < 4.78 is 0. The van der Waals surface area contributed by atoms with E-state index in [0.717, 1.165) is 24.8 Å². The summed E-state index contributed by atoms with van der Waals surface area (Å²) in [6, 6.07) is 0.620. The molecule has 1 heteroatoms. The zero-order valence-electron chi connectivity index (χ0n) is 9.77. The van der Waals surface area contributed by atoms with Crippen LogP contribution in [0.1, 0.15) is 46.5 Å². The van der Waals surface area contributed by atoms with Gasteiger partial charge in [-0.05, 0) is 44.6 Å². The highest BCUT2D eigenvalue weighted by atomic mass is 14.9. The summed E-state index contributed by atoms with van der Waals surface area (Å²) in [4.78, 5) is 0. The lowest BCUT2D eigenvalue weighted by Gasteiger charge is -2.23. The minimum atomic E-state index is 0.620. The molecule has 0 aromatic rings. The van der Waals surface area contributed by atoms with Gasteiger partial charge in [-0.1, -0.05) is 13.8 Å². The van der Waals surface area contributed by atoms with Crippen LogP contribution in [0.2, 0.25) is 0 Å². The minimum absolute atomic E-state index is 0.620. The molecule has 0 amide bonds. The summed E-state index contributed by atoms with van der Waals surface area (Å²) in [7, 11) is 0. The third-order valence-corrected chi connectivity index (χ3v) is 3.16. The van der Waals surface area contributed by atoms with Crippen molar-refractivity contribution in [2.24, 2.45) is 11.8 Å². The second kappa shape index (κ2) is 6.09. The summed E-state index contributed by atoms with van der Waals surface area (Å²) in [6.07, 6.45) is 5.11. The van der Waals surface area contributed by atoms with Gasteiger partial charge in [0.1, 0.15) is 0 Å². The van der Waals surface area contributed by atoms with Crippen LogP contribution in [0.25, 0.3) is 0 Å². The van der Waals surface area contributed by atoms with Gasteiger partial charge in [-0.3, -0.25) is 0 Å². The van der Waals surface area contributed by atoms with Crippen molar-refractivity contribution in [1.29, 1.82) is 0 Å². The van der Waals surface area contributed by atoms with Crippen LogP contribution >= 0.6 is 0 Å². The van der Waals surface area contributed by atoms with Gasteiger partial charge in [0.2, 0.25) is 0 Å². The average molecular weight is 193 g/mol. The molecule has 1 fully saturated rings. The van der Waals surface area contributed by atoms with Crippen LogP contribution in [0.15, 0.2) is 0 Å². The summed E-state index contributed by atoms with van der Waals surface area (Å²) in [5.74, 6) is 7.99. The molecule has 80 valence electrons. The van der Waals surface area contributed by atoms with Crippen LogP contribution in [0.3, 0.4) is 0 Å². The fourth-order valence-corrected chi connectivity index (χ4v) is 1.94. The maximum atomic E-state index is 3.62. The molecular weight excluding hydrogens is 170 g/mol. The molecule has 0 aromatic heterocycles. The van der Waals surface area contributed by atoms with E-state index in [4.69, 9.17) is 0 Å². The van der Waals surface area contributed by atoms with Gasteiger partial charge < -0.3 is 5.32 Å². The largest absolute Gasteiger partial charge is 0.313 e. The van der Waals surface area contributed by atoms with Gasteiger partial charge in [0.05, 0.1) is 0 Å². The molecule has 0 bridgehead atoms. The highest BCUT2D eigenvalue weighted by molar-refractivity contribution is 5.00. The molecule has 0 radical (unpaired) electrons. The van der Waals surface area contributed by atoms with Crippen LogP contribution < -0.4 is 5.32 Å². The molecule has 1 aliphatic rings. The zero-order chi connectivity index (χ0) is 10.4. The van der Waals surface area contributed by atoms with Gasteiger partial charge in [-0.15, -0.1) is 11.8 Å². The van der Waals surface area contributed by atoms with E-state index in [9.17, 15) is 0 Å². The topological polar surface area (TPSA) is 12.0 Å². The van der Waals surface area contributed by atoms with Crippen LogP contribution in [0.4, 0.5) is 0 Å². The van der Waals surface area contributed by atoms with Crippen molar-refractivity contribution >= 4 is 0 Å². The van der Waals surface area contributed by atoms with E-state index in [1.54, 1.807) is 0 Å². The summed E-state index contributed by atoms with van der Waals surface area (Å²) in [5.41, 5.74) is 0. The van der Waals surface area contributed by atoms with E-state index in [1.807, 2.05) is 6.92 Å². The molecule has 2 atom stereocenters. The molecule has 0 aromatic carbocycles. The first kappa shape index (κ1) is 11.6. The van der Waals surface area contributed by atoms with Crippen molar-refractivity contribution in [2.45, 2.75) is 52.5 Å². The molecule has 2 unspecified atom stereocenters. The van der Waals surface area contributed by atoms with Crippen molar-refractivity contribution in [2.75, 3.05) is 6.54 Å². The first-order chi connectivity index (χ1) is 6.79. The second-order valence-corrected chi connectivity index (χ2v) is 4.39. The van der Waals surface area contributed by atoms with Gasteiger partial charge in [-0.2, -0.15) is 0 Å². The first-order valence-corrected chi connectivity index (χ1v) is 5.92. The molecule has 14 heavy (non-hydrogen) atoms. The third-order valence-electron chi connectivity index (χ3n) is 3.16. The fourth-order valence-electron chi connectivity index (χ4n) is 1.94. The van der Waals surface area contributed by atoms with E-state index in [1.165, 1.54) is 19.3 Å². The molecule has 1 nitrogen and oxygen atoms in total. The fraction of sp³-hybridized carbons (Fsp3) is 0.846. The number of hydrogen-bond acceptors (Lipinski definition) is 1. The van der Waals surface area contributed by atoms with Crippen LogP contribution in [0.5, 0.6) is 0 Å². The van der Waals surface area contributed by atoms with Crippen molar-refractivity contribution < 1.29 is 0 Å². The molecule has 1 saturated carbocycles. The number of rotatable bonds is 6. The Hall–Kier alpha value is -0.480. The maximum Gasteiger partial charge on any atom is 0.0245 e. The van der Waals surface area contributed by atoms with Crippen molar-refractivity contribution in [3.05, 3.63) is 0 Å². The van der Waals surface area contributed by atoms with Gasteiger partial charge in [0.25, 0.3) is 0 Å². The van der Waals surface area contributed by atoms with Crippen LogP contribution in [-0.2, 0) is 0 Å². The van der Waals surface area contributed by atoms with Crippen molar-refractivity contribution in [3.63, 3.8) is 0 Å². The number of hydrogen-bond donors (Lipinski definition) is 1. The molecule has 0 heterocycles. The molecular formula is C13H23N. The summed E-state index contributed by atoms with van der Waals surface area (Å²) in [5, 5.41) is 3.62. The Bertz CT molecular complexity index is 207. The molecule has 1 rings (SSSR count). The van der Waals surface area contributed by atoms with Crippen LogP contribution in [-0.4, -0.2) is 12.6 Å². The van der Waals surface area contributed by atoms with Gasteiger partial charge >= 0.3 is 0 Å². The first-order valence-electron chi connectivity index (χ1n) is 5.92. The van der Waals surface area contributed by atoms with E-state index < -0.39 is 0 Å². The molecule has 0 aliphatic heterocycles. The lowest BCUT2D eigenvalue weighted by Crippen LogP contribution is -2.36. The Balaban J connectivity index is 2.35. The summed E-state index contributed by atoms with van der Waals surface area (Å²) in [6.45, 7) is 7.66. The molecule has 0 spiro atoms. The van der Waals surface area contributed by atoms with Crippen LogP contribution in [0, 0.1) is 23.7 Å². The Labute approximate surface area is 88.7 Å². The average Bonchev–Trinajstić information content (AvgIpc) is 3.00. The molecule has 0 saturated heterocycles. The predicted octanol–water partition coefficient (Wildman–Crippen LogP) is 2.81. The summed E-state index contributed by atoms with van der Waals surface area (Å²) >= 11 is 0. The number of nitrogens with one attached hydrogen (secondary N) is 1. The Kier molecular flexibility index (Phi) is 5.04. The zero-order valence-corrected chi connectivity index (χ0v) is 9.77. The molecule has 1 aliphatic carbocycles. The van der Waals surface area contributed by atoms with Crippen molar-refractivity contribution in [1.82, 2.24) is 5.32 Å². The Morgan fingerprint density at radius 3 is 2.64 bits per heavy atom. The van der Waals surface area contributed by atoms with Gasteiger partial charge in [0.15, 0.2) is 0 Å². The standard InChI is InChI=1S/C13H23N/c1-4-6-7-13(14-10-5-2)11(3)12-8-9-12/h11-14H,5,7-10H2,1-3H3.